The van der Waals surface area contributed by atoms with Crippen molar-refractivity contribution in [2.75, 3.05) is 6.61 Å². The molecule has 0 fully saturated rings. The quantitative estimate of drug-likeness (QED) is 0.613. The van der Waals surface area contributed by atoms with Crippen LogP contribution in [0.15, 0.2) is 35.9 Å². The van der Waals surface area contributed by atoms with Crippen molar-refractivity contribution in [3.8, 4) is 0 Å². The van der Waals surface area contributed by atoms with E-state index < -0.39 is 5.97 Å². The molecule has 0 radical (unpaired) electrons. The Balaban J connectivity index is 2.60. The number of allylic oxidation sites excluding steroid dienone is 1. The number of carboxylic acids is 1. The number of rotatable bonds is 5. The number of carboxylic acid groups (broad SMARTS) is 1. The Hall–Kier alpha value is -1.61. The Labute approximate surface area is 95.4 Å². The van der Waals surface area contributed by atoms with Crippen LogP contribution in [0, 0.1) is 0 Å². The SMILES string of the molecule is CC(C)=CCOCc1ccccc1C(=O)O. The highest BCUT2D eigenvalue weighted by Crippen LogP contribution is 2.10. The molecule has 1 aromatic carbocycles. The van der Waals surface area contributed by atoms with E-state index in [1.807, 2.05) is 26.0 Å². The van der Waals surface area contributed by atoms with Crippen molar-refractivity contribution in [3.05, 3.63) is 47.0 Å². The maximum Gasteiger partial charge on any atom is 0.336 e. The largest absolute Gasteiger partial charge is 0.478 e. The summed E-state index contributed by atoms with van der Waals surface area (Å²) in [6.45, 7) is 4.83. The third-order valence-corrected chi connectivity index (χ3v) is 2.11. The standard InChI is InChI=1S/C13H16O3/c1-10(2)7-8-16-9-11-5-3-4-6-12(11)13(14)15/h3-7H,8-9H2,1-2H3,(H,14,15). The van der Waals surface area contributed by atoms with Gasteiger partial charge in [0.15, 0.2) is 0 Å². The summed E-state index contributed by atoms with van der Waals surface area (Å²) in [5, 5.41) is 8.94. The first-order valence-electron chi connectivity index (χ1n) is 5.13. The Morgan fingerprint density at radius 3 is 2.69 bits per heavy atom. The molecule has 0 saturated heterocycles. The zero-order valence-electron chi connectivity index (χ0n) is 9.56. The average molecular weight is 220 g/mol. The summed E-state index contributed by atoms with van der Waals surface area (Å²) in [5.41, 5.74) is 2.20. The van der Waals surface area contributed by atoms with Crippen LogP contribution in [0.1, 0.15) is 29.8 Å². The summed E-state index contributed by atoms with van der Waals surface area (Å²) in [5.74, 6) is -0.915. The van der Waals surface area contributed by atoms with Crippen LogP contribution in [0.4, 0.5) is 0 Å². The summed E-state index contributed by atoms with van der Waals surface area (Å²) < 4.78 is 5.38. The molecule has 1 rings (SSSR count). The highest BCUT2D eigenvalue weighted by atomic mass is 16.5. The first-order chi connectivity index (χ1) is 7.61. The minimum absolute atomic E-state index is 0.305. The highest BCUT2D eigenvalue weighted by molar-refractivity contribution is 5.89. The molecular formula is C13H16O3. The van der Waals surface area contributed by atoms with Crippen LogP contribution in [0.5, 0.6) is 0 Å². The molecule has 3 nitrogen and oxygen atoms in total. The van der Waals surface area contributed by atoms with Gasteiger partial charge in [-0.2, -0.15) is 0 Å². The van der Waals surface area contributed by atoms with Crippen LogP contribution in [-0.4, -0.2) is 17.7 Å². The third kappa shape index (κ3) is 3.87. The van der Waals surface area contributed by atoms with Crippen molar-refractivity contribution in [1.82, 2.24) is 0 Å². The predicted octanol–water partition coefficient (Wildman–Crippen LogP) is 2.87. The second-order valence-electron chi connectivity index (χ2n) is 3.76. The fourth-order valence-electron chi connectivity index (χ4n) is 1.25. The lowest BCUT2D eigenvalue weighted by Gasteiger charge is -2.05. The number of benzene rings is 1. The summed E-state index contributed by atoms with van der Waals surface area (Å²) in [7, 11) is 0. The monoisotopic (exact) mass is 220 g/mol. The van der Waals surface area contributed by atoms with Gasteiger partial charge in [-0.1, -0.05) is 29.8 Å². The first kappa shape index (κ1) is 12.5. The lowest BCUT2D eigenvalue weighted by molar-refractivity contribution is 0.0690. The van der Waals surface area contributed by atoms with E-state index in [1.54, 1.807) is 18.2 Å². The van der Waals surface area contributed by atoms with E-state index >= 15 is 0 Å². The molecular weight excluding hydrogens is 204 g/mol. The van der Waals surface area contributed by atoms with Crippen LogP contribution in [0.2, 0.25) is 0 Å². The zero-order valence-corrected chi connectivity index (χ0v) is 9.56. The van der Waals surface area contributed by atoms with Gasteiger partial charge < -0.3 is 9.84 Å². The summed E-state index contributed by atoms with van der Waals surface area (Å²) in [6.07, 6.45) is 1.96. The van der Waals surface area contributed by atoms with Gasteiger partial charge in [0, 0.05) is 0 Å². The Kier molecular flexibility index (Phi) is 4.73. The van der Waals surface area contributed by atoms with Gasteiger partial charge in [0.05, 0.1) is 18.8 Å². The van der Waals surface area contributed by atoms with Gasteiger partial charge in [0.2, 0.25) is 0 Å². The number of hydrogen-bond acceptors (Lipinski definition) is 2. The molecule has 0 atom stereocenters. The molecule has 0 aliphatic rings. The summed E-state index contributed by atoms with van der Waals surface area (Å²) in [6, 6.07) is 6.88. The molecule has 1 N–H and O–H groups in total. The number of carbonyl (C=O) groups is 1. The van der Waals surface area contributed by atoms with Crippen molar-refractivity contribution < 1.29 is 14.6 Å². The highest BCUT2D eigenvalue weighted by Gasteiger charge is 2.07. The van der Waals surface area contributed by atoms with E-state index in [2.05, 4.69) is 0 Å². The van der Waals surface area contributed by atoms with Crippen molar-refractivity contribution in [2.45, 2.75) is 20.5 Å². The Morgan fingerprint density at radius 2 is 2.06 bits per heavy atom. The van der Waals surface area contributed by atoms with E-state index in [4.69, 9.17) is 9.84 Å². The van der Waals surface area contributed by atoms with Gasteiger partial charge in [-0.25, -0.2) is 4.79 Å². The van der Waals surface area contributed by atoms with Gasteiger partial charge in [-0.15, -0.1) is 0 Å². The van der Waals surface area contributed by atoms with Crippen LogP contribution in [0.3, 0.4) is 0 Å². The molecule has 0 amide bonds. The van der Waals surface area contributed by atoms with Crippen molar-refractivity contribution in [1.29, 1.82) is 0 Å². The van der Waals surface area contributed by atoms with Crippen molar-refractivity contribution in [2.24, 2.45) is 0 Å². The molecule has 0 unspecified atom stereocenters. The fraction of sp³-hybridized carbons (Fsp3) is 0.308. The fourth-order valence-corrected chi connectivity index (χ4v) is 1.25. The zero-order chi connectivity index (χ0) is 12.0. The molecule has 3 heteroatoms. The molecule has 0 aliphatic carbocycles. The van der Waals surface area contributed by atoms with Gasteiger partial charge >= 0.3 is 5.97 Å². The lowest BCUT2D eigenvalue weighted by atomic mass is 10.1. The van der Waals surface area contributed by atoms with Gasteiger partial charge in [-0.05, 0) is 25.5 Å². The molecule has 1 aromatic rings. The van der Waals surface area contributed by atoms with Crippen LogP contribution < -0.4 is 0 Å². The Bertz CT molecular complexity index is 390. The maximum atomic E-state index is 10.9. The van der Waals surface area contributed by atoms with Gasteiger partial charge in [-0.3, -0.25) is 0 Å². The number of aromatic carboxylic acids is 1. The Morgan fingerprint density at radius 1 is 1.38 bits per heavy atom. The second kappa shape index (κ2) is 6.08. The molecule has 0 spiro atoms. The van der Waals surface area contributed by atoms with Crippen LogP contribution in [-0.2, 0) is 11.3 Å². The average Bonchev–Trinajstić information content (AvgIpc) is 2.24. The number of ether oxygens (including phenoxy) is 1. The van der Waals surface area contributed by atoms with Crippen molar-refractivity contribution in [3.63, 3.8) is 0 Å². The summed E-state index contributed by atoms with van der Waals surface area (Å²) >= 11 is 0. The van der Waals surface area contributed by atoms with E-state index in [1.165, 1.54) is 5.57 Å². The molecule has 0 aromatic heterocycles. The normalized spacial score (nSPS) is 9.88. The van der Waals surface area contributed by atoms with Crippen LogP contribution >= 0.6 is 0 Å². The molecule has 0 saturated carbocycles. The van der Waals surface area contributed by atoms with E-state index in [0.29, 0.717) is 24.3 Å². The van der Waals surface area contributed by atoms with E-state index in [0.717, 1.165) is 0 Å². The van der Waals surface area contributed by atoms with Crippen LogP contribution in [0.25, 0.3) is 0 Å². The van der Waals surface area contributed by atoms with Crippen molar-refractivity contribution >= 4 is 5.97 Å². The van der Waals surface area contributed by atoms with Gasteiger partial charge in [0.1, 0.15) is 0 Å². The van der Waals surface area contributed by atoms with E-state index in [-0.39, 0.29) is 0 Å². The molecule has 86 valence electrons. The summed E-state index contributed by atoms with van der Waals surface area (Å²) in [4.78, 5) is 10.9. The van der Waals surface area contributed by atoms with Gasteiger partial charge in [0.25, 0.3) is 0 Å². The first-order valence-corrected chi connectivity index (χ1v) is 5.13. The lowest BCUT2D eigenvalue weighted by Crippen LogP contribution is -2.04. The minimum atomic E-state index is -0.915. The topological polar surface area (TPSA) is 46.5 Å². The molecule has 16 heavy (non-hydrogen) atoms. The smallest absolute Gasteiger partial charge is 0.336 e. The molecule has 0 aliphatic heterocycles. The minimum Gasteiger partial charge on any atom is -0.478 e. The number of hydrogen-bond donors (Lipinski definition) is 1. The molecule has 0 bridgehead atoms. The molecule has 0 heterocycles. The second-order valence-corrected chi connectivity index (χ2v) is 3.76. The van der Waals surface area contributed by atoms with E-state index in [9.17, 15) is 4.79 Å². The third-order valence-electron chi connectivity index (χ3n) is 2.11. The maximum absolute atomic E-state index is 10.9. The predicted molar refractivity (Wildman–Crippen MR) is 62.5 cm³/mol.